The van der Waals surface area contributed by atoms with Gasteiger partial charge in [-0.05, 0) is 38.8 Å². The van der Waals surface area contributed by atoms with E-state index in [1.165, 1.54) is 45.2 Å². The molecule has 0 bridgehead atoms. The van der Waals surface area contributed by atoms with Crippen molar-refractivity contribution in [1.82, 2.24) is 10.3 Å². The second-order valence-corrected chi connectivity index (χ2v) is 3.55. The summed E-state index contributed by atoms with van der Waals surface area (Å²) in [7, 11) is 0. The zero-order valence-electron chi connectivity index (χ0n) is 7.89. The molecule has 0 amide bonds. The summed E-state index contributed by atoms with van der Waals surface area (Å²) in [5.41, 5.74) is 0. The first kappa shape index (κ1) is 9.96. The molecule has 0 radical (unpaired) electrons. The van der Waals surface area contributed by atoms with Crippen molar-refractivity contribution in [2.45, 2.75) is 32.1 Å². The van der Waals surface area contributed by atoms with E-state index in [4.69, 9.17) is 5.84 Å². The first-order valence-electron chi connectivity index (χ1n) is 5.10. The number of hydrogen-bond acceptors (Lipinski definition) is 3. The minimum absolute atomic E-state index is 1.10. The number of nitrogens with one attached hydrogen (secondary N) is 1. The van der Waals surface area contributed by atoms with Crippen LogP contribution >= 0.6 is 0 Å². The molecule has 2 heterocycles. The number of nitrogens with two attached hydrogens (primary N) is 1. The molecule has 0 spiro atoms. The minimum Gasteiger partial charge on any atom is -0.317 e. The van der Waals surface area contributed by atoms with E-state index in [0.717, 1.165) is 13.1 Å². The van der Waals surface area contributed by atoms with E-state index in [9.17, 15) is 0 Å². The molecule has 12 heavy (non-hydrogen) atoms. The van der Waals surface area contributed by atoms with E-state index in [1.807, 2.05) is 5.01 Å². The molecule has 2 rings (SSSR count). The third kappa shape index (κ3) is 4.70. The Labute approximate surface area is 75.3 Å². The topological polar surface area (TPSA) is 41.3 Å². The highest BCUT2D eigenvalue weighted by molar-refractivity contribution is 4.56. The van der Waals surface area contributed by atoms with Gasteiger partial charge < -0.3 is 5.32 Å². The van der Waals surface area contributed by atoms with Crippen LogP contribution in [0.1, 0.15) is 32.1 Å². The van der Waals surface area contributed by atoms with Gasteiger partial charge in [-0.15, -0.1) is 0 Å². The zero-order chi connectivity index (χ0) is 8.65. The summed E-state index contributed by atoms with van der Waals surface area (Å²) in [5, 5.41) is 5.11. The maximum Gasteiger partial charge on any atom is 0.0128 e. The van der Waals surface area contributed by atoms with Gasteiger partial charge in [0, 0.05) is 13.1 Å². The van der Waals surface area contributed by atoms with Crippen LogP contribution in [0.5, 0.6) is 0 Å². The molecule has 2 saturated heterocycles. The van der Waals surface area contributed by atoms with Gasteiger partial charge in [0.25, 0.3) is 0 Å². The fourth-order valence-corrected chi connectivity index (χ4v) is 1.54. The molecule has 0 aromatic rings. The Balaban J connectivity index is 0.000000127. The average Bonchev–Trinajstić information content (AvgIpc) is 2.62. The van der Waals surface area contributed by atoms with Crippen LogP contribution in [0.4, 0.5) is 0 Å². The van der Waals surface area contributed by atoms with Gasteiger partial charge in [-0.1, -0.05) is 6.42 Å². The molecule has 0 aromatic heterocycles. The Morgan fingerprint density at radius 1 is 0.833 bits per heavy atom. The monoisotopic (exact) mass is 171 g/mol. The van der Waals surface area contributed by atoms with Crippen molar-refractivity contribution in [1.29, 1.82) is 0 Å². The van der Waals surface area contributed by atoms with Crippen molar-refractivity contribution < 1.29 is 0 Å². The van der Waals surface area contributed by atoms with Gasteiger partial charge in [0.15, 0.2) is 0 Å². The van der Waals surface area contributed by atoms with Gasteiger partial charge in [0.2, 0.25) is 0 Å². The SMILES string of the molecule is C1CCNC1.NN1CCCCC1. The van der Waals surface area contributed by atoms with E-state index in [2.05, 4.69) is 5.32 Å². The van der Waals surface area contributed by atoms with Crippen molar-refractivity contribution in [3.63, 3.8) is 0 Å². The fourth-order valence-electron chi connectivity index (χ4n) is 1.54. The molecule has 0 atom stereocenters. The molecule has 3 heteroatoms. The molecule has 3 N–H and O–H groups in total. The standard InChI is InChI=1S/C5H12N2.C4H9N/c6-7-4-2-1-3-5-7;1-2-4-5-3-1/h1-6H2;5H,1-4H2. The molecule has 0 saturated carbocycles. The number of hydrazine groups is 1. The Morgan fingerprint density at radius 3 is 1.67 bits per heavy atom. The van der Waals surface area contributed by atoms with Gasteiger partial charge in [0.1, 0.15) is 0 Å². The van der Waals surface area contributed by atoms with Gasteiger partial charge in [-0.2, -0.15) is 0 Å². The molecule has 0 unspecified atom stereocenters. The third-order valence-electron chi connectivity index (χ3n) is 2.35. The lowest BCUT2D eigenvalue weighted by atomic mass is 10.2. The highest BCUT2D eigenvalue weighted by Crippen LogP contribution is 2.03. The number of hydrogen-bond donors (Lipinski definition) is 2. The van der Waals surface area contributed by atoms with Crippen LogP contribution in [0.25, 0.3) is 0 Å². The van der Waals surface area contributed by atoms with Crippen molar-refractivity contribution >= 4 is 0 Å². The summed E-state index contributed by atoms with van der Waals surface area (Å²) < 4.78 is 0. The maximum absolute atomic E-state index is 5.47. The number of nitrogens with zero attached hydrogens (tertiary/aromatic N) is 1. The highest BCUT2D eigenvalue weighted by atomic mass is 15.4. The quantitative estimate of drug-likeness (QED) is 0.528. The van der Waals surface area contributed by atoms with E-state index in [0.29, 0.717) is 0 Å². The maximum atomic E-state index is 5.47. The molecule has 0 aromatic carbocycles. The van der Waals surface area contributed by atoms with Crippen LogP contribution in [0, 0.1) is 0 Å². The van der Waals surface area contributed by atoms with E-state index in [1.54, 1.807) is 0 Å². The Bertz CT molecular complexity index is 88.3. The van der Waals surface area contributed by atoms with E-state index < -0.39 is 0 Å². The second-order valence-electron chi connectivity index (χ2n) is 3.55. The van der Waals surface area contributed by atoms with Gasteiger partial charge >= 0.3 is 0 Å². The van der Waals surface area contributed by atoms with Gasteiger partial charge in [-0.3, -0.25) is 5.84 Å². The van der Waals surface area contributed by atoms with Gasteiger partial charge in [-0.25, -0.2) is 5.01 Å². The molecular weight excluding hydrogens is 150 g/mol. The predicted molar refractivity (Wildman–Crippen MR) is 51.7 cm³/mol. The molecule has 72 valence electrons. The van der Waals surface area contributed by atoms with Crippen LogP contribution in [-0.2, 0) is 0 Å². The minimum atomic E-state index is 1.10. The fraction of sp³-hybridized carbons (Fsp3) is 1.00. The summed E-state index contributed by atoms with van der Waals surface area (Å²) in [6.45, 7) is 4.69. The van der Waals surface area contributed by atoms with Crippen LogP contribution in [-0.4, -0.2) is 31.2 Å². The summed E-state index contributed by atoms with van der Waals surface area (Å²) in [6.07, 6.45) is 6.72. The van der Waals surface area contributed by atoms with Crippen LogP contribution in [0.15, 0.2) is 0 Å². The summed E-state index contributed by atoms with van der Waals surface area (Å²) >= 11 is 0. The second kappa shape index (κ2) is 6.40. The lowest BCUT2D eigenvalue weighted by Gasteiger charge is -2.20. The first-order valence-corrected chi connectivity index (χ1v) is 5.10. The smallest absolute Gasteiger partial charge is 0.0128 e. The van der Waals surface area contributed by atoms with E-state index in [-0.39, 0.29) is 0 Å². The van der Waals surface area contributed by atoms with Crippen molar-refractivity contribution in [2.24, 2.45) is 5.84 Å². The zero-order valence-corrected chi connectivity index (χ0v) is 7.89. The summed E-state index contributed by atoms with van der Waals surface area (Å²) in [5.74, 6) is 5.47. The van der Waals surface area contributed by atoms with Gasteiger partial charge in [0.05, 0.1) is 0 Å². The predicted octanol–water partition coefficient (Wildman–Crippen LogP) is 0.716. The average molecular weight is 171 g/mol. The van der Waals surface area contributed by atoms with Crippen molar-refractivity contribution in [2.75, 3.05) is 26.2 Å². The molecule has 2 fully saturated rings. The molecule has 2 aliphatic rings. The van der Waals surface area contributed by atoms with Crippen LogP contribution in [0.3, 0.4) is 0 Å². The molecular formula is C9H21N3. The first-order chi connectivity index (χ1) is 5.89. The normalized spacial score (nSPS) is 24.8. The Morgan fingerprint density at radius 2 is 1.42 bits per heavy atom. The van der Waals surface area contributed by atoms with Crippen molar-refractivity contribution in [3.05, 3.63) is 0 Å². The largest absolute Gasteiger partial charge is 0.317 e. The summed E-state index contributed by atoms with van der Waals surface area (Å²) in [6, 6.07) is 0. The molecule has 2 aliphatic heterocycles. The summed E-state index contributed by atoms with van der Waals surface area (Å²) in [4.78, 5) is 0. The van der Waals surface area contributed by atoms with Crippen molar-refractivity contribution in [3.8, 4) is 0 Å². The highest BCUT2D eigenvalue weighted by Gasteiger charge is 2.02. The Kier molecular flexibility index (Phi) is 5.32. The molecule has 3 nitrogen and oxygen atoms in total. The lowest BCUT2D eigenvalue weighted by Crippen LogP contribution is -2.35. The van der Waals surface area contributed by atoms with Crippen LogP contribution in [0.2, 0.25) is 0 Å². The number of piperidine rings is 1. The van der Waals surface area contributed by atoms with Crippen LogP contribution < -0.4 is 11.2 Å². The molecule has 0 aliphatic carbocycles. The Hall–Kier alpha value is -0.120. The lowest BCUT2D eigenvalue weighted by molar-refractivity contribution is 0.235. The number of rotatable bonds is 0. The third-order valence-corrected chi connectivity index (χ3v) is 2.35. The van der Waals surface area contributed by atoms with E-state index >= 15 is 0 Å².